The van der Waals surface area contributed by atoms with Crippen LogP contribution in [0.15, 0.2) is 79.1 Å². The summed E-state index contributed by atoms with van der Waals surface area (Å²) in [7, 11) is 0. The highest BCUT2D eigenvalue weighted by molar-refractivity contribution is 5.71. The van der Waals surface area contributed by atoms with Crippen LogP contribution in [0.2, 0.25) is 0 Å². The molecule has 0 fully saturated rings. The third-order valence-electron chi connectivity index (χ3n) is 4.52. The smallest absolute Gasteiger partial charge is 0.245 e. The van der Waals surface area contributed by atoms with Gasteiger partial charge in [-0.05, 0) is 42.3 Å². The average Bonchev–Trinajstić information content (AvgIpc) is 2.97. The molecule has 0 N–H and O–H groups in total. The maximum absolute atomic E-state index is 13.1. The number of benzene rings is 3. The van der Waals surface area contributed by atoms with Crippen LogP contribution in [0.25, 0.3) is 11.0 Å². The molecular weight excluding hydrogens is 347 g/mol. The Morgan fingerprint density at radius 1 is 0.846 bits per heavy atom. The molecular formula is C22H20ClFN2. The van der Waals surface area contributed by atoms with E-state index in [1.807, 2.05) is 12.1 Å². The zero-order valence-electron chi connectivity index (χ0n) is 14.6. The van der Waals surface area contributed by atoms with Crippen molar-refractivity contribution in [3.63, 3.8) is 0 Å². The van der Waals surface area contributed by atoms with Gasteiger partial charge >= 0.3 is 0 Å². The fraction of sp³-hybridized carbons (Fsp3) is 0.136. The molecule has 0 spiro atoms. The van der Waals surface area contributed by atoms with Gasteiger partial charge in [0.15, 0.2) is 11.0 Å². The highest BCUT2D eigenvalue weighted by Crippen LogP contribution is 2.14. The van der Waals surface area contributed by atoms with Gasteiger partial charge in [-0.1, -0.05) is 54.1 Å². The molecule has 4 aromatic rings. The van der Waals surface area contributed by atoms with Crippen LogP contribution in [0.4, 0.5) is 4.39 Å². The minimum absolute atomic E-state index is 0. The van der Waals surface area contributed by atoms with Crippen LogP contribution in [-0.2, 0) is 13.1 Å². The first kappa shape index (κ1) is 18.2. The van der Waals surface area contributed by atoms with Gasteiger partial charge in [0, 0.05) is 0 Å². The lowest BCUT2D eigenvalue weighted by atomic mass is 10.1. The molecule has 0 aliphatic carbocycles. The maximum atomic E-state index is 13.1. The van der Waals surface area contributed by atoms with Gasteiger partial charge in [0.25, 0.3) is 0 Å². The summed E-state index contributed by atoms with van der Waals surface area (Å²) in [6, 6.07) is 23.8. The first-order chi connectivity index (χ1) is 12.2. The summed E-state index contributed by atoms with van der Waals surface area (Å²) in [5.74, 6) is -0.199. The summed E-state index contributed by atoms with van der Waals surface area (Å²) in [5, 5.41) is 0. The molecule has 0 bridgehead atoms. The van der Waals surface area contributed by atoms with E-state index in [-0.39, 0.29) is 18.2 Å². The Kier molecular flexibility index (Phi) is 5.38. The van der Waals surface area contributed by atoms with Gasteiger partial charge in [0.1, 0.15) is 18.9 Å². The molecule has 0 saturated heterocycles. The van der Waals surface area contributed by atoms with Crippen molar-refractivity contribution in [3.05, 3.63) is 102 Å². The lowest BCUT2D eigenvalue weighted by molar-refractivity contribution is -0.663. The molecule has 26 heavy (non-hydrogen) atoms. The van der Waals surface area contributed by atoms with Crippen LogP contribution in [0, 0.1) is 12.7 Å². The summed E-state index contributed by atoms with van der Waals surface area (Å²) in [5.41, 5.74) is 6.02. The molecule has 0 amide bonds. The molecule has 0 unspecified atom stereocenters. The predicted octanol–water partition coefficient (Wildman–Crippen LogP) is 1.48. The third kappa shape index (κ3) is 3.78. The maximum Gasteiger partial charge on any atom is 0.245 e. The average molecular weight is 367 g/mol. The molecule has 4 heteroatoms. The van der Waals surface area contributed by atoms with Gasteiger partial charge in [0.2, 0.25) is 6.33 Å². The lowest BCUT2D eigenvalue weighted by Crippen LogP contribution is -3.00. The number of rotatable bonds is 4. The van der Waals surface area contributed by atoms with Crippen LogP contribution in [0.3, 0.4) is 0 Å². The Bertz CT molecular complexity index is 923. The van der Waals surface area contributed by atoms with Crippen molar-refractivity contribution in [2.24, 2.45) is 0 Å². The van der Waals surface area contributed by atoms with Crippen LogP contribution >= 0.6 is 0 Å². The van der Waals surface area contributed by atoms with Crippen molar-refractivity contribution in [1.29, 1.82) is 0 Å². The summed E-state index contributed by atoms with van der Waals surface area (Å²) in [4.78, 5) is 0. The number of nitrogens with zero attached hydrogens (tertiary/aromatic N) is 2. The quantitative estimate of drug-likeness (QED) is 0.484. The Hall–Kier alpha value is -2.65. The topological polar surface area (TPSA) is 8.81 Å². The molecule has 0 aliphatic rings. The lowest BCUT2D eigenvalue weighted by Gasteiger charge is -2.00. The van der Waals surface area contributed by atoms with Gasteiger partial charge in [-0.3, -0.25) is 0 Å². The molecule has 0 saturated carbocycles. The molecule has 2 nitrogen and oxygen atoms in total. The highest BCUT2D eigenvalue weighted by Gasteiger charge is 2.15. The summed E-state index contributed by atoms with van der Waals surface area (Å²) in [6.07, 6.45) is 2.15. The molecule has 0 aliphatic heterocycles. The number of para-hydroxylation sites is 2. The fourth-order valence-electron chi connectivity index (χ4n) is 3.17. The van der Waals surface area contributed by atoms with Crippen molar-refractivity contribution in [3.8, 4) is 0 Å². The normalized spacial score (nSPS) is 10.7. The number of aryl methyl sites for hydroxylation is 1. The standard InChI is InChI=1S/C22H20FN2.ClH/c1-17-6-8-18(9-7-17)14-24-16-25(22-5-3-2-4-21(22)24)15-19-10-12-20(23)13-11-19;/h2-13,16H,14-15H2,1H3;1H/q+1;/p-1. The van der Waals surface area contributed by atoms with Crippen molar-refractivity contribution in [1.82, 2.24) is 4.57 Å². The molecule has 0 atom stereocenters. The second-order valence-corrected chi connectivity index (χ2v) is 6.47. The predicted molar refractivity (Wildman–Crippen MR) is 97.9 cm³/mol. The number of aromatic nitrogens is 2. The number of fused-ring (bicyclic) bond motifs is 1. The van der Waals surface area contributed by atoms with Crippen molar-refractivity contribution in [2.75, 3.05) is 0 Å². The van der Waals surface area contributed by atoms with Gasteiger partial charge in [-0.25, -0.2) is 13.5 Å². The van der Waals surface area contributed by atoms with E-state index in [1.165, 1.54) is 34.3 Å². The van der Waals surface area contributed by atoms with Gasteiger partial charge < -0.3 is 12.4 Å². The van der Waals surface area contributed by atoms with E-state index in [1.54, 1.807) is 0 Å². The second-order valence-electron chi connectivity index (χ2n) is 6.47. The Labute approximate surface area is 158 Å². The summed E-state index contributed by atoms with van der Waals surface area (Å²) >= 11 is 0. The SMILES string of the molecule is Cc1ccc(Cn2c[n+](Cc3ccc(F)cc3)c3ccccc32)cc1.[Cl-]. The zero-order valence-corrected chi connectivity index (χ0v) is 15.3. The molecule has 3 aromatic carbocycles. The second kappa shape index (κ2) is 7.71. The van der Waals surface area contributed by atoms with E-state index in [2.05, 4.69) is 70.9 Å². The van der Waals surface area contributed by atoms with Gasteiger partial charge in [-0.2, -0.15) is 0 Å². The first-order valence-corrected chi connectivity index (χ1v) is 8.46. The van der Waals surface area contributed by atoms with Crippen LogP contribution < -0.4 is 17.0 Å². The zero-order chi connectivity index (χ0) is 17.2. The highest BCUT2D eigenvalue weighted by atomic mass is 35.5. The number of hydrogen-bond donors (Lipinski definition) is 0. The summed E-state index contributed by atoms with van der Waals surface area (Å²) < 4.78 is 17.6. The number of hydrogen-bond acceptors (Lipinski definition) is 0. The summed E-state index contributed by atoms with van der Waals surface area (Å²) in [6.45, 7) is 3.66. The van der Waals surface area contributed by atoms with Crippen LogP contribution in [0.1, 0.15) is 16.7 Å². The monoisotopic (exact) mass is 366 g/mol. The molecule has 132 valence electrons. The fourth-order valence-corrected chi connectivity index (χ4v) is 3.17. The molecule has 0 radical (unpaired) electrons. The number of halogens is 2. The van der Waals surface area contributed by atoms with E-state index in [9.17, 15) is 4.39 Å². The third-order valence-corrected chi connectivity index (χ3v) is 4.52. The van der Waals surface area contributed by atoms with Gasteiger partial charge in [0.05, 0.1) is 0 Å². The number of imidazole rings is 1. The van der Waals surface area contributed by atoms with Crippen LogP contribution in [-0.4, -0.2) is 4.57 Å². The van der Waals surface area contributed by atoms with E-state index in [4.69, 9.17) is 0 Å². The van der Waals surface area contributed by atoms with E-state index < -0.39 is 0 Å². The van der Waals surface area contributed by atoms with Crippen molar-refractivity contribution >= 4 is 11.0 Å². The van der Waals surface area contributed by atoms with Gasteiger partial charge in [-0.15, -0.1) is 0 Å². The van der Waals surface area contributed by atoms with E-state index in [0.29, 0.717) is 0 Å². The Balaban J connectivity index is 0.00000196. The Morgan fingerprint density at radius 2 is 1.50 bits per heavy atom. The molecule has 1 heterocycles. The first-order valence-electron chi connectivity index (χ1n) is 8.46. The largest absolute Gasteiger partial charge is 1.00 e. The minimum Gasteiger partial charge on any atom is -1.00 e. The van der Waals surface area contributed by atoms with Crippen molar-refractivity contribution < 1.29 is 21.4 Å². The van der Waals surface area contributed by atoms with E-state index in [0.717, 1.165) is 18.7 Å². The Morgan fingerprint density at radius 3 is 2.23 bits per heavy atom. The van der Waals surface area contributed by atoms with E-state index >= 15 is 0 Å². The molecule has 4 rings (SSSR count). The van der Waals surface area contributed by atoms with Crippen LogP contribution in [0.5, 0.6) is 0 Å². The molecule has 1 aromatic heterocycles. The van der Waals surface area contributed by atoms with Crippen molar-refractivity contribution in [2.45, 2.75) is 20.0 Å². The minimum atomic E-state index is -0.199.